The molecule has 1 spiro atoms. The Labute approximate surface area is 261 Å². The van der Waals surface area contributed by atoms with Gasteiger partial charge in [-0.05, 0) is 54.5 Å². The summed E-state index contributed by atoms with van der Waals surface area (Å²) < 4.78 is 7.01. The number of amides is 3. The van der Waals surface area contributed by atoms with Crippen LogP contribution in [0.3, 0.4) is 0 Å². The highest BCUT2D eigenvalue weighted by Gasteiger charge is 2.79. The maximum Gasteiger partial charge on any atom is 0.253 e. The number of benzene rings is 2. The number of aliphatic hydroxyl groups is 1. The fourth-order valence-corrected chi connectivity index (χ4v) is 8.15. The van der Waals surface area contributed by atoms with Gasteiger partial charge < -0.3 is 24.5 Å². The van der Waals surface area contributed by atoms with E-state index < -0.39 is 35.1 Å². The molecule has 0 radical (unpaired) electrons. The maximum absolute atomic E-state index is 15.0. The Hall–Kier alpha value is -3.49. The van der Waals surface area contributed by atoms with E-state index in [0.717, 1.165) is 17.2 Å². The standard InChI is InChI=1S/C36H47N3O5/c1-7-19-37(20-8-2)32(41)29-30-33(42)39(28(23-40)24(5)6)31(36(30)18-17-35(29,10-4)44-36)34(43)38(21-9-3)27-16-15-25-13-11-12-14-26(25)22-27/h7,9,11-16,22,24,28-31,40H,1,3,8,10,17-21,23H2,2,4-6H3/t28-,29-,30-,31?,35+,36?/m0/s1. The van der Waals surface area contributed by atoms with Crippen LogP contribution in [0.1, 0.15) is 53.4 Å². The lowest BCUT2D eigenvalue weighted by molar-refractivity contribution is -0.154. The fourth-order valence-electron chi connectivity index (χ4n) is 8.15. The number of likely N-dealkylation sites (tertiary alicyclic amines) is 1. The van der Waals surface area contributed by atoms with E-state index in [1.165, 1.54) is 0 Å². The van der Waals surface area contributed by atoms with Crippen molar-refractivity contribution in [2.75, 3.05) is 31.1 Å². The lowest BCUT2D eigenvalue weighted by atomic mass is 9.64. The van der Waals surface area contributed by atoms with Gasteiger partial charge in [0.25, 0.3) is 5.91 Å². The van der Waals surface area contributed by atoms with Crippen LogP contribution in [0.25, 0.3) is 10.8 Å². The van der Waals surface area contributed by atoms with Crippen molar-refractivity contribution in [1.82, 2.24) is 9.80 Å². The Morgan fingerprint density at radius 3 is 2.39 bits per heavy atom. The number of rotatable bonds is 13. The van der Waals surface area contributed by atoms with Gasteiger partial charge in [-0.15, -0.1) is 13.2 Å². The highest BCUT2D eigenvalue weighted by Crippen LogP contribution is 2.65. The minimum Gasteiger partial charge on any atom is -0.394 e. The lowest BCUT2D eigenvalue weighted by Crippen LogP contribution is -2.60. The van der Waals surface area contributed by atoms with Crippen LogP contribution in [0, 0.1) is 17.8 Å². The minimum absolute atomic E-state index is 0.121. The largest absolute Gasteiger partial charge is 0.394 e. The molecule has 0 saturated carbocycles. The van der Waals surface area contributed by atoms with Crippen LogP contribution < -0.4 is 4.90 Å². The highest BCUT2D eigenvalue weighted by molar-refractivity contribution is 6.06. The van der Waals surface area contributed by atoms with Crippen molar-refractivity contribution >= 4 is 34.2 Å². The van der Waals surface area contributed by atoms with Gasteiger partial charge >= 0.3 is 0 Å². The number of hydrogen-bond acceptors (Lipinski definition) is 5. The van der Waals surface area contributed by atoms with Crippen molar-refractivity contribution in [3.05, 3.63) is 67.8 Å². The molecule has 3 aliphatic rings. The summed E-state index contributed by atoms with van der Waals surface area (Å²) in [6, 6.07) is 12.2. The molecule has 3 saturated heterocycles. The summed E-state index contributed by atoms with van der Waals surface area (Å²) in [6.07, 6.45) is 5.78. The van der Waals surface area contributed by atoms with Gasteiger partial charge in [-0.2, -0.15) is 0 Å². The summed E-state index contributed by atoms with van der Waals surface area (Å²) in [7, 11) is 0. The number of aliphatic hydroxyl groups excluding tert-OH is 1. The van der Waals surface area contributed by atoms with Crippen LogP contribution in [0.5, 0.6) is 0 Å². The van der Waals surface area contributed by atoms with E-state index in [2.05, 4.69) is 13.2 Å². The minimum atomic E-state index is -1.19. The molecule has 8 heteroatoms. The molecule has 2 aromatic carbocycles. The Kier molecular flexibility index (Phi) is 9.06. The number of hydrogen-bond donors (Lipinski definition) is 1. The van der Waals surface area contributed by atoms with Crippen LogP contribution in [0.4, 0.5) is 5.69 Å². The molecule has 5 rings (SSSR count). The molecular weight excluding hydrogens is 554 g/mol. The lowest BCUT2D eigenvalue weighted by Gasteiger charge is -2.40. The van der Waals surface area contributed by atoms with E-state index in [0.29, 0.717) is 38.0 Å². The summed E-state index contributed by atoms with van der Waals surface area (Å²) in [5.41, 5.74) is -1.33. The van der Waals surface area contributed by atoms with Crippen molar-refractivity contribution in [3.63, 3.8) is 0 Å². The van der Waals surface area contributed by atoms with Crippen LogP contribution >= 0.6 is 0 Å². The quantitative estimate of drug-likeness (QED) is 0.328. The summed E-state index contributed by atoms with van der Waals surface area (Å²) in [5.74, 6) is -2.36. The van der Waals surface area contributed by atoms with Gasteiger partial charge in [0.05, 0.1) is 30.1 Å². The zero-order valence-corrected chi connectivity index (χ0v) is 26.6. The molecule has 2 aromatic rings. The molecule has 44 heavy (non-hydrogen) atoms. The van der Waals surface area contributed by atoms with Crippen molar-refractivity contribution in [2.24, 2.45) is 17.8 Å². The normalized spacial score (nSPS) is 27.9. The monoisotopic (exact) mass is 601 g/mol. The molecule has 3 heterocycles. The number of ether oxygens (including phenoxy) is 1. The molecule has 236 valence electrons. The van der Waals surface area contributed by atoms with Gasteiger partial charge in [0.2, 0.25) is 11.8 Å². The second-order valence-corrected chi connectivity index (χ2v) is 12.9. The molecule has 3 aliphatic heterocycles. The topological polar surface area (TPSA) is 90.4 Å². The van der Waals surface area contributed by atoms with Gasteiger partial charge in [-0.3, -0.25) is 14.4 Å². The van der Waals surface area contributed by atoms with E-state index in [4.69, 9.17) is 4.74 Å². The van der Waals surface area contributed by atoms with Crippen LogP contribution in [-0.4, -0.2) is 82.2 Å². The summed E-state index contributed by atoms with van der Waals surface area (Å²) in [4.78, 5) is 49.2. The molecule has 8 nitrogen and oxygen atoms in total. The Balaban J connectivity index is 1.66. The molecule has 2 bridgehead atoms. The zero-order chi connectivity index (χ0) is 31.8. The number of fused-ring (bicyclic) bond motifs is 2. The zero-order valence-electron chi connectivity index (χ0n) is 26.6. The molecule has 1 N–H and O–H groups in total. The highest BCUT2D eigenvalue weighted by atomic mass is 16.5. The van der Waals surface area contributed by atoms with E-state index in [1.54, 1.807) is 26.9 Å². The first-order valence-corrected chi connectivity index (χ1v) is 16.1. The number of carbonyl (C=O) groups is 3. The third-order valence-corrected chi connectivity index (χ3v) is 10.2. The van der Waals surface area contributed by atoms with E-state index in [-0.39, 0.29) is 36.8 Å². The molecule has 0 aromatic heterocycles. The van der Waals surface area contributed by atoms with Crippen molar-refractivity contribution in [2.45, 2.75) is 76.7 Å². The van der Waals surface area contributed by atoms with Gasteiger partial charge in [-0.1, -0.05) is 70.2 Å². The van der Waals surface area contributed by atoms with E-state index in [1.807, 2.05) is 70.2 Å². The Bertz CT molecular complexity index is 1440. The number of carbonyl (C=O) groups excluding carboxylic acids is 3. The second kappa shape index (κ2) is 12.5. The molecule has 3 amide bonds. The summed E-state index contributed by atoms with van der Waals surface area (Å²) >= 11 is 0. The van der Waals surface area contributed by atoms with Crippen LogP contribution in [0.15, 0.2) is 67.8 Å². The maximum atomic E-state index is 15.0. The second-order valence-electron chi connectivity index (χ2n) is 12.9. The summed E-state index contributed by atoms with van der Waals surface area (Å²) in [5, 5.41) is 12.7. The average Bonchev–Trinajstić information content (AvgIpc) is 3.63. The first-order chi connectivity index (χ1) is 21.1. The van der Waals surface area contributed by atoms with E-state index >= 15 is 4.79 Å². The van der Waals surface area contributed by atoms with Crippen molar-refractivity contribution in [3.8, 4) is 0 Å². The van der Waals surface area contributed by atoms with Gasteiger partial charge in [0.15, 0.2) is 0 Å². The van der Waals surface area contributed by atoms with Crippen molar-refractivity contribution < 1.29 is 24.2 Å². The number of nitrogens with zero attached hydrogens (tertiary/aromatic N) is 3. The molecular formula is C36H47N3O5. The Morgan fingerprint density at radius 2 is 1.77 bits per heavy atom. The predicted octanol–water partition coefficient (Wildman–Crippen LogP) is 4.96. The van der Waals surface area contributed by atoms with Crippen LogP contribution in [-0.2, 0) is 19.1 Å². The fraction of sp³-hybridized carbons (Fsp3) is 0.528. The van der Waals surface area contributed by atoms with Gasteiger partial charge in [0, 0.05) is 25.3 Å². The van der Waals surface area contributed by atoms with E-state index in [9.17, 15) is 14.7 Å². The first-order valence-electron chi connectivity index (χ1n) is 16.1. The van der Waals surface area contributed by atoms with Gasteiger partial charge in [-0.25, -0.2) is 0 Å². The molecule has 2 unspecified atom stereocenters. The average molecular weight is 602 g/mol. The SMILES string of the molecule is C=CCN(CCC)C(=O)[C@@H]1[C@H]2C(=O)N([C@@H](CO)C(C)C)C(C(=O)N(CC=C)c3ccc4ccccc4c3)C23CC[C@@]1(CC)O3. The molecule has 0 aliphatic carbocycles. The smallest absolute Gasteiger partial charge is 0.253 e. The summed E-state index contributed by atoms with van der Waals surface area (Å²) in [6.45, 7) is 16.5. The Morgan fingerprint density at radius 1 is 1.07 bits per heavy atom. The first kappa shape index (κ1) is 31.9. The third-order valence-electron chi connectivity index (χ3n) is 10.2. The van der Waals surface area contributed by atoms with Crippen molar-refractivity contribution in [1.29, 1.82) is 0 Å². The van der Waals surface area contributed by atoms with Crippen LogP contribution in [0.2, 0.25) is 0 Å². The third kappa shape index (κ3) is 4.87. The molecule has 6 atom stereocenters. The van der Waals surface area contributed by atoms with Gasteiger partial charge in [0.1, 0.15) is 11.6 Å². The number of anilines is 1. The molecule has 3 fully saturated rings. The predicted molar refractivity (Wildman–Crippen MR) is 173 cm³/mol.